The fourth-order valence-corrected chi connectivity index (χ4v) is 5.82. The van der Waals surface area contributed by atoms with Crippen LogP contribution in [0.3, 0.4) is 0 Å². The minimum Gasteiger partial charge on any atom is -0.433 e. The van der Waals surface area contributed by atoms with E-state index < -0.39 is 43.9 Å². The average molecular weight is 547 g/mol. The molecule has 1 aromatic heterocycles. The quantitative estimate of drug-likeness (QED) is 0.209. The number of hydrogen-bond acceptors (Lipinski definition) is 3. The predicted octanol–water partition coefficient (Wildman–Crippen LogP) is 6.61. The summed E-state index contributed by atoms with van der Waals surface area (Å²) in [5, 5.41) is 0.219. The molecular weight excluding hydrogens is 524 g/mol. The second-order valence-corrected chi connectivity index (χ2v) is 11.4. The molecule has 0 saturated heterocycles. The van der Waals surface area contributed by atoms with Gasteiger partial charge < -0.3 is 9.64 Å². The van der Waals surface area contributed by atoms with Gasteiger partial charge in [-0.05, 0) is 37.9 Å². The van der Waals surface area contributed by atoms with Gasteiger partial charge in [0.1, 0.15) is 17.3 Å². The number of imidazole rings is 1. The standard InChI is InChI=1S/C27H23F5N3O2P/c1-5-18-25-33-17-12-16(28)15(13-9-10-21(38(3)4)23(30)22(13)29)11-19(17)35(25)24-14(26(36)34(18)2)7-6-8-20(24)37-27(31)32/h6-12,18,27H,5H2,1-4H3. The number of halogens is 5. The summed E-state index contributed by atoms with van der Waals surface area (Å²) in [6, 6.07) is 8.76. The summed E-state index contributed by atoms with van der Waals surface area (Å²) in [7, 11) is 0.625. The molecule has 0 fully saturated rings. The molecule has 0 saturated carbocycles. The number of carbonyl (C=O) groups excluding carboxylic acids is 1. The van der Waals surface area contributed by atoms with Crippen molar-refractivity contribution < 1.29 is 31.5 Å². The number of para-hydroxylation sites is 1. The van der Waals surface area contributed by atoms with Crippen LogP contribution in [0.5, 0.6) is 5.75 Å². The van der Waals surface area contributed by atoms with Crippen molar-refractivity contribution in [3.05, 3.63) is 71.3 Å². The molecule has 0 aliphatic carbocycles. The highest BCUT2D eigenvalue weighted by Crippen LogP contribution is 2.41. The van der Waals surface area contributed by atoms with Crippen molar-refractivity contribution in [2.75, 3.05) is 20.4 Å². The predicted molar refractivity (Wildman–Crippen MR) is 137 cm³/mol. The molecule has 3 aromatic carbocycles. The second-order valence-electron chi connectivity index (χ2n) is 9.15. The number of fused-ring (bicyclic) bond motifs is 5. The first kappa shape index (κ1) is 26.1. The lowest BCUT2D eigenvalue weighted by Gasteiger charge is -2.24. The normalized spacial score (nSPS) is 15.3. The highest BCUT2D eigenvalue weighted by molar-refractivity contribution is 7.64. The summed E-state index contributed by atoms with van der Waals surface area (Å²) in [5.41, 5.74) is -0.0474. The van der Waals surface area contributed by atoms with Crippen LogP contribution in [0.25, 0.3) is 27.8 Å². The Balaban J connectivity index is 1.86. The van der Waals surface area contributed by atoms with Gasteiger partial charge >= 0.3 is 6.61 Å². The first-order chi connectivity index (χ1) is 18.0. The van der Waals surface area contributed by atoms with Crippen LogP contribution in [0.2, 0.25) is 0 Å². The summed E-state index contributed by atoms with van der Waals surface area (Å²) in [5.74, 6) is -3.47. The Morgan fingerprint density at radius 1 is 1.03 bits per heavy atom. The second kappa shape index (κ2) is 9.66. The van der Waals surface area contributed by atoms with Crippen LogP contribution in [0.4, 0.5) is 22.0 Å². The maximum Gasteiger partial charge on any atom is 0.387 e. The van der Waals surface area contributed by atoms with E-state index in [0.29, 0.717) is 12.2 Å². The minimum absolute atomic E-state index is 0.0141. The molecule has 198 valence electrons. The van der Waals surface area contributed by atoms with Crippen molar-refractivity contribution in [3.8, 4) is 22.6 Å². The van der Waals surface area contributed by atoms with Gasteiger partial charge in [-0.1, -0.05) is 33.0 Å². The third-order valence-corrected chi connectivity index (χ3v) is 8.05. The zero-order chi connectivity index (χ0) is 27.5. The summed E-state index contributed by atoms with van der Waals surface area (Å²) in [4.78, 5) is 19.4. The number of aromatic nitrogens is 2. The molecule has 5 rings (SSSR count). The molecule has 1 aliphatic heterocycles. The van der Waals surface area contributed by atoms with E-state index in [1.807, 2.05) is 6.92 Å². The molecule has 0 bridgehead atoms. The Labute approximate surface area is 216 Å². The van der Waals surface area contributed by atoms with Crippen LogP contribution in [-0.4, -0.2) is 47.3 Å². The Bertz CT molecular complexity index is 1590. The lowest BCUT2D eigenvalue weighted by Crippen LogP contribution is -2.30. The van der Waals surface area contributed by atoms with Gasteiger partial charge in [-0.2, -0.15) is 8.78 Å². The number of nitrogens with zero attached hydrogens (tertiary/aromatic N) is 3. The third-order valence-electron chi connectivity index (χ3n) is 6.74. The van der Waals surface area contributed by atoms with Crippen molar-refractivity contribution >= 4 is 30.2 Å². The molecule has 1 aliphatic rings. The number of alkyl halides is 2. The monoisotopic (exact) mass is 547 g/mol. The number of ether oxygens (including phenoxy) is 1. The van der Waals surface area contributed by atoms with E-state index in [1.54, 1.807) is 20.4 Å². The van der Waals surface area contributed by atoms with Gasteiger partial charge in [-0.3, -0.25) is 9.36 Å². The summed E-state index contributed by atoms with van der Waals surface area (Å²) < 4.78 is 78.4. The summed E-state index contributed by atoms with van der Waals surface area (Å²) in [6.07, 6.45) is 0.415. The lowest BCUT2D eigenvalue weighted by atomic mass is 10.0. The summed E-state index contributed by atoms with van der Waals surface area (Å²) >= 11 is 0. The third kappa shape index (κ3) is 4.02. The van der Waals surface area contributed by atoms with Crippen molar-refractivity contribution in [1.29, 1.82) is 0 Å². The molecule has 1 unspecified atom stereocenters. The van der Waals surface area contributed by atoms with E-state index >= 15 is 8.78 Å². The van der Waals surface area contributed by atoms with Gasteiger partial charge in [-0.25, -0.2) is 18.2 Å². The Hall–Kier alpha value is -3.52. The van der Waals surface area contributed by atoms with E-state index in [1.165, 1.54) is 45.9 Å². The molecule has 2 heterocycles. The zero-order valence-corrected chi connectivity index (χ0v) is 21.8. The fraction of sp³-hybridized carbons (Fsp3) is 0.259. The Morgan fingerprint density at radius 3 is 2.42 bits per heavy atom. The van der Waals surface area contributed by atoms with E-state index in [4.69, 9.17) is 4.74 Å². The number of amides is 1. The van der Waals surface area contributed by atoms with Crippen LogP contribution >= 0.6 is 7.92 Å². The van der Waals surface area contributed by atoms with Crippen LogP contribution in [0.15, 0.2) is 42.5 Å². The molecule has 0 N–H and O–H groups in total. The van der Waals surface area contributed by atoms with E-state index in [9.17, 15) is 18.0 Å². The number of rotatable bonds is 5. The molecule has 5 nitrogen and oxygen atoms in total. The molecule has 1 atom stereocenters. The van der Waals surface area contributed by atoms with Crippen molar-refractivity contribution in [2.45, 2.75) is 26.0 Å². The van der Waals surface area contributed by atoms with Gasteiger partial charge in [0.2, 0.25) is 0 Å². The zero-order valence-electron chi connectivity index (χ0n) is 20.9. The molecule has 0 radical (unpaired) electrons. The Morgan fingerprint density at radius 2 is 1.76 bits per heavy atom. The first-order valence-corrected chi connectivity index (χ1v) is 14.0. The fourth-order valence-electron chi connectivity index (χ4n) is 4.95. The number of carbonyl (C=O) groups is 1. The molecule has 38 heavy (non-hydrogen) atoms. The highest BCUT2D eigenvalue weighted by atomic mass is 31.1. The minimum atomic E-state index is -3.18. The van der Waals surface area contributed by atoms with E-state index in [-0.39, 0.29) is 44.5 Å². The van der Waals surface area contributed by atoms with E-state index in [0.717, 1.165) is 6.07 Å². The summed E-state index contributed by atoms with van der Waals surface area (Å²) in [6.45, 7) is 2.20. The van der Waals surface area contributed by atoms with Gasteiger partial charge in [0.15, 0.2) is 17.4 Å². The van der Waals surface area contributed by atoms with Crippen LogP contribution in [0.1, 0.15) is 35.6 Å². The largest absolute Gasteiger partial charge is 0.433 e. The van der Waals surface area contributed by atoms with Crippen molar-refractivity contribution in [1.82, 2.24) is 14.5 Å². The highest BCUT2D eigenvalue weighted by Gasteiger charge is 2.35. The molecular formula is C27H23F5N3O2P. The Kier molecular flexibility index (Phi) is 6.63. The van der Waals surface area contributed by atoms with Crippen LogP contribution in [0, 0.1) is 17.5 Å². The number of benzene rings is 3. The SMILES string of the molecule is CCC1c2nc3cc(F)c(-c4ccc(P(C)C)c(F)c4F)cc3n2-c2c(OC(F)F)cccc2C(=O)N1C. The topological polar surface area (TPSA) is 47.4 Å². The first-order valence-electron chi connectivity index (χ1n) is 11.8. The van der Waals surface area contributed by atoms with Crippen molar-refractivity contribution in [2.24, 2.45) is 0 Å². The number of hydrogen-bond donors (Lipinski definition) is 0. The lowest BCUT2D eigenvalue weighted by molar-refractivity contribution is -0.0498. The van der Waals surface area contributed by atoms with Gasteiger partial charge in [0, 0.05) is 29.5 Å². The van der Waals surface area contributed by atoms with E-state index in [2.05, 4.69) is 4.98 Å². The van der Waals surface area contributed by atoms with Gasteiger partial charge in [0.25, 0.3) is 5.91 Å². The van der Waals surface area contributed by atoms with Crippen LogP contribution in [-0.2, 0) is 0 Å². The molecule has 11 heteroatoms. The smallest absolute Gasteiger partial charge is 0.387 e. The average Bonchev–Trinajstić information content (AvgIpc) is 3.17. The molecule has 0 spiro atoms. The van der Waals surface area contributed by atoms with Crippen LogP contribution < -0.4 is 10.0 Å². The van der Waals surface area contributed by atoms with Gasteiger partial charge in [0.05, 0.1) is 22.6 Å². The molecule has 4 aromatic rings. The maximum absolute atomic E-state index is 15.4. The molecule has 1 amide bonds. The van der Waals surface area contributed by atoms with Crippen molar-refractivity contribution in [3.63, 3.8) is 0 Å². The van der Waals surface area contributed by atoms with Gasteiger partial charge in [-0.15, -0.1) is 0 Å². The maximum atomic E-state index is 15.4.